The maximum atomic E-state index is 11.0. The van der Waals surface area contributed by atoms with E-state index in [4.69, 9.17) is 17.2 Å². The molecule has 76 valence electrons. The van der Waals surface area contributed by atoms with E-state index >= 15 is 0 Å². The lowest BCUT2D eigenvalue weighted by atomic mass is 10.1. The van der Waals surface area contributed by atoms with E-state index in [1.54, 1.807) is 18.2 Å². The lowest BCUT2D eigenvalue weighted by Crippen LogP contribution is -2.18. The van der Waals surface area contributed by atoms with Crippen LogP contribution >= 0.6 is 0 Å². The molecule has 7 N–H and O–H groups in total. The van der Waals surface area contributed by atoms with E-state index in [1.165, 1.54) is 0 Å². The molecule has 14 heavy (non-hydrogen) atoms. The number of carbonyl (C=O) groups excluding carboxylic acids is 1. The zero-order valence-electron chi connectivity index (χ0n) is 7.79. The molecule has 0 aromatic heterocycles. The van der Waals surface area contributed by atoms with Gasteiger partial charge >= 0.3 is 0 Å². The first-order chi connectivity index (χ1) is 6.65. The summed E-state index contributed by atoms with van der Waals surface area (Å²) in [7, 11) is 0. The van der Waals surface area contributed by atoms with Crippen LogP contribution in [0.25, 0.3) is 0 Å². The van der Waals surface area contributed by atoms with Crippen molar-refractivity contribution in [2.24, 2.45) is 11.5 Å². The fourth-order valence-electron chi connectivity index (χ4n) is 1.13. The van der Waals surface area contributed by atoms with Crippen molar-refractivity contribution in [3.8, 4) is 0 Å². The van der Waals surface area contributed by atoms with E-state index in [9.17, 15) is 4.79 Å². The highest BCUT2D eigenvalue weighted by molar-refractivity contribution is 5.99. The van der Waals surface area contributed by atoms with Crippen LogP contribution in [-0.2, 0) is 0 Å². The highest BCUT2D eigenvalue weighted by Crippen LogP contribution is 2.18. The van der Waals surface area contributed by atoms with Gasteiger partial charge in [0.05, 0.1) is 5.56 Å². The Bertz CT molecular complexity index is 338. The van der Waals surface area contributed by atoms with Gasteiger partial charge in [0.2, 0.25) is 0 Å². The van der Waals surface area contributed by atoms with Gasteiger partial charge in [0.1, 0.15) is 0 Å². The summed E-state index contributed by atoms with van der Waals surface area (Å²) in [5.41, 5.74) is 17.7. The Kier molecular flexibility index (Phi) is 3.30. The summed E-state index contributed by atoms with van der Waals surface area (Å²) in [6, 6.07) is 4.89. The molecule has 0 radical (unpaired) electrons. The van der Waals surface area contributed by atoms with E-state index in [0.29, 0.717) is 30.0 Å². The Labute approximate surface area is 82.3 Å². The monoisotopic (exact) mass is 194 g/mol. The molecule has 0 heterocycles. The first-order valence-electron chi connectivity index (χ1n) is 4.28. The summed E-state index contributed by atoms with van der Waals surface area (Å²) in [6.07, 6.45) is 0. The third kappa shape index (κ3) is 2.37. The SMILES string of the molecule is NCCNc1cc(N)ccc1C(N)=O. The number of nitrogen functional groups attached to an aromatic ring is 1. The lowest BCUT2D eigenvalue weighted by molar-refractivity contribution is 0.100. The Hall–Kier alpha value is -1.75. The number of rotatable bonds is 4. The maximum absolute atomic E-state index is 11.0. The van der Waals surface area contributed by atoms with Gasteiger partial charge in [0, 0.05) is 24.5 Å². The van der Waals surface area contributed by atoms with Crippen molar-refractivity contribution in [1.82, 2.24) is 0 Å². The minimum atomic E-state index is -0.482. The van der Waals surface area contributed by atoms with Gasteiger partial charge in [-0.2, -0.15) is 0 Å². The second-order valence-corrected chi connectivity index (χ2v) is 2.88. The van der Waals surface area contributed by atoms with Crippen molar-refractivity contribution >= 4 is 17.3 Å². The average molecular weight is 194 g/mol. The zero-order valence-corrected chi connectivity index (χ0v) is 7.79. The number of benzene rings is 1. The van der Waals surface area contributed by atoms with E-state index in [2.05, 4.69) is 5.32 Å². The van der Waals surface area contributed by atoms with Gasteiger partial charge in [-0.15, -0.1) is 0 Å². The molecule has 1 aromatic rings. The summed E-state index contributed by atoms with van der Waals surface area (Å²) >= 11 is 0. The predicted octanol–water partition coefficient (Wildman–Crippen LogP) is -0.262. The van der Waals surface area contributed by atoms with Crippen molar-refractivity contribution in [3.63, 3.8) is 0 Å². The molecule has 0 spiro atoms. The molecule has 0 saturated heterocycles. The molecule has 0 saturated carbocycles. The predicted molar refractivity (Wildman–Crippen MR) is 56.9 cm³/mol. The average Bonchev–Trinajstić information content (AvgIpc) is 2.14. The molecule has 0 aliphatic rings. The highest BCUT2D eigenvalue weighted by Gasteiger charge is 2.07. The van der Waals surface area contributed by atoms with Crippen LogP contribution in [-0.4, -0.2) is 19.0 Å². The van der Waals surface area contributed by atoms with Gasteiger partial charge in [-0.25, -0.2) is 0 Å². The van der Waals surface area contributed by atoms with Gasteiger partial charge in [0.15, 0.2) is 0 Å². The van der Waals surface area contributed by atoms with Crippen molar-refractivity contribution in [2.45, 2.75) is 0 Å². The van der Waals surface area contributed by atoms with Crippen molar-refractivity contribution in [3.05, 3.63) is 23.8 Å². The number of primary amides is 1. The van der Waals surface area contributed by atoms with Crippen LogP contribution in [0, 0.1) is 0 Å². The maximum Gasteiger partial charge on any atom is 0.250 e. The fraction of sp³-hybridized carbons (Fsp3) is 0.222. The van der Waals surface area contributed by atoms with Gasteiger partial charge in [-0.3, -0.25) is 4.79 Å². The van der Waals surface area contributed by atoms with Gasteiger partial charge in [0.25, 0.3) is 5.91 Å². The third-order valence-electron chi connectivity index (χ3n) is 1.77. The second kappa shape index (κ2) is 4.48. The Morgan fingerprint density at radius 2 is 2.14 bits per heavy atom. The molecule has 0 unspecified atom stereocenters. The molecule has 0 bridgehead atoms. The first-order valence-corrected chi connectivity index (χ1v) is 4.28. The molecular weight excluding hydrogens is 180 g/mol. The normalized spacial score (nSPS) is 9.79. The Balaban J connectivity index is 2.97. The standard InChI is InChI=1S/C9H14N4O/c10-3-4-13-8-5-6(11)1-2-7(8)9(12)14/h1-2,5,13H,3-4,10-11H2,(H2,12,14). The molecule has 1 aromatic carbocycles. The molecule has 0 aliphatic carbocycles. The van der Waals surface area contributed by atoms with Crippen LogP contribution in [0.1, 0.15) is 10.4 Å². The topological polar surface area (TPSA) is 107 Å². The number of amides is 1. The summed E-state index contributed by atoms with van der Waals surface area (Å²) in [5, 5.41) is 2.98. The van der Waals surface area contributed by atoms with Gasteiger partial charge in [-0.05, 0) is 18.2 Å². The molecule has 0 atom stereocenters. The first kappa shape index (κ1) is 10.3. The lowest BCUT2D eigenvalue weighted by Gasteiger charge is -2.09. The van der Waals surface area contributed by atoms with Crippen LogP contribution in [0.15, 0.2) is 18.2 Å². The van der Waals surface area contributed by atoms with Crippen LogP contribution in [0.5, 0.6) is 0 Å². The third-order valence-corrected chi connectivity index (χ3v) is 1.77. The van der Waals surface area contributed by atoms with E-state index < -0.39 is 5.91 Å². The Morgan fingerprint density at radius 3 is 2.71 bits per heavy atom. The molecule has 5 nitrogen and oxygen atoms in total. The van der Waals surface area contributed by atoms with Gasteiger partial charge in [-0.1, -0.05) is 0 Å². The minimum absolute atomic E-state index is 0.424. The summed E-state index contributed by atoms with van der Waals surface area (Å²) in [5.74, 6) is -0.482. The molecular formula is C9H14N4O. The van der Waals surface area contributed by atoms with E-state index in [1.807, 2.05) is 0 Å². The largest absolute Gasteiger partial charge is 0.399 e. The summed E-state index contributed by atoms with van der Waals surface area (Å²) in [4.78, 5) is 11.0. The molecule has 5 heteroatoms. The van der Waals surface area contributed by atoms with Gasteiger partial charge < -0.3 is 22.5 Å². The van der Waals surface area contributed by atoms with Crippen molar-refractivity contribution in [2.75, 3.05) is 24.1 Å². The second-order valence-electron chi connectivity index (χ2n) is 2.88. The zero-order chi connectivity index (χ0) is 10.6. The van der Waals surface area contributed by atoms with E-state index in [0.717, 1.165) is 0 Å². The molecule has 0 fully saturated rings. The van der Waals surface area contributed by atoms with Crippen LogP contribution in [0.4, 0.5) is 11.4 Å². The molecule has 1 amide bonds. The van der Waals surface area contributed by atoms with Crippen molar-refractivity contribution < 1.29 is 4.79 Å². The number of anilines is 2. The highest BCUT2D eigenvalue weighted by atomic mass is 16.1. The number of hydrogen-bond donors (Lipinski definition) is 4. The molecule has 1 rings (SSSR count). The van der Waals surface area contributed by atoms with Crippen LogP contribution in [0.2, 0.25) is 0 Å². The summed E-state index contributed by atoms with van der Waals surface area (Å²) < 4.78 is 0. The molecule has 0 aliphatic heterocycles. The van der Waals surface area contributed by atoms with Crippen LogP contribution in [0.3, 0.4) is 0 Å². The minimum Gasteiger partial charge on any atom is -0.399 e. The summed E-state index contributed by atoms with van der Waals surface area (Å²) in [6.45, 7) is 1.05. The van der Waals surface area contributed by atoms with Crippen molar-refractivity contribution in [1.29, 1.82) is 0 Å². The van der Waals surface area contributed by atoms with Crippen LogP contribution < -0.4 is 22.5 Å². The number of nitrogens with two attached hydrogens (primary N) is 3. The smallest absolute Gasteiger partial charge is 0.250 e. The quantitative estimate of drug-likeness (QED) is 0.495. The number of nitrogens with one attached hydrogen (secondary N) is 1. The fourth-order valence-corrected chi connectivity index (χ4v) is 1.13. The van der Waals surface area contributed by atoms with E-state index in [-0.39, 0.29) is 0 Å². The number of hydrogen-bond acceptors (Lipinski definition) is 4. The Morgan fingerprint density at radius 1 is 1.43 bits per heavy atom. The number of carbonyl (C=O) groups is 1.